The second kappa shape index (κ2) is 9.59. The largest absolute Gasteiger partial charge is 0.338 e. The average molecular weight is 447 g/mol. The lowest BCUT2D eigenvalue weighted by Crippen LogP contribution is -2.39. The summed E-state index contributed by atoms with van der Waals surface area (Å²) >= 11 is 0. The molecule has 166 valence electrons. The number of rotatable bonds is 4. The van der Waals surface area contributed by atoms with Crippen molar-refractivity contribution in [3.63, 3.8) is 0 Å². The molecule has 7 heteroatoms. The smallest absolute Gasteiger partial charge is 0.253 e. The number of aromatic nitrogens is 4. The Morgan fingerprint density at radius 3 is 2.56 bits per heavy atom. The minimum atomic E-state index is -0.0290. The van der Waals surface area contributed by atoms with E-state index in [1.54, 1.807) is 42.9 Å². The first-order valence-corrected chi connectivity index (χ1v) is 11.2. The maximum Gasteiger partial charge on any atom is 0.253 e. The van der Waals surface area contributed by atoms with Gasteiger partial charge in [-0.25, -0.2) is 9.97 Å². The topological polar surface area (TPSA) is 95.7 Å². The first-order valence-electron chi connectivity index (χ1n) is 11.2. The quantitative estimate of drug-likeness (QED) is 0.458. The van der Waals surface area contributed by atoms with Crippen LogP contribution >= 0.6 is 0 Å². The molecule has 0 aliphatic carbocycles. The molecule has 0 N–H and O–H groups in total. The second-order valence-corrected chi connectivity index (χ2v) is 8.22. The molecule has 0 spiro atoms. The first-order chi connectivity index (χ1) is 16.7. The van der Waals surface area contributed by atoms with Crippen LogP contribution in [0.25, 0.3) is 22.6 Å². The molecule has 1 amide bonds. The van der Waals surface area contributed by atoms with Gasteiger partial charge >= 0.3 is 0 Å². The van der Waals surface area contributed by atoms with Gasteiger partial charge in [0.05, 0.1) is 17.3 Å². The van der Waals surface area contributed by atoms with E-state index < -0.39 is 0 Å². The molecule has 0 bridgehead atoms. The van der Waals surface area contributed by atoms with Crippen LogP contribution in [0.3, 0.4) is 0 Å². The van der Waals surface area contributed by atoms with Crippen molar-refractivity contribution in [2.45, 2.75) is 18.8 Å². The van der Waals surface area contributed by atoms with Crippen LogP contribution in [0.5, 0.6) is 0 Å². The number of nitriles is 1. The van der Waals surface area contributed by atoms with Gasteiger partial charge in [-0.15, -0.1) is 0 Å². The van der Waals surface area contributed by atoms with Crippen LogP contribution in [0.15, 0.2) is 79.4 Å². The molecule has 4 aromatic rings. The first kappa shape index (κ1) is 21.4. The zero-order valence-electron chi connectivity index (χ0n) is 18.5. The van der Waals surface area contributed by atoms with E-state index in [0.717, 1.165) is 29.7 Å². The summed E-state index contributed by atoms with van der Waals surface area (Å²) in [6.07, 6.45) is 8.90. The third-order valence-corrected chi connectivity index (χ3v) is 6.06. The Kier molecular flexibility index (Phi) is 6.04. The summed E-state index contributed by atoms with van der Waals surface area (Å²) in [6.45, 7) is 1.26. The molecule has 5 rings (SSSR count). The molecule has 1 aromatic carbocycles. The van der Waals surface area contributed by atoms with Gasteiger partial charge in [0.2, 0.25) is 0 Å². The van der Waals surface area contributed by atoms with E-state index in [9.17, 15) is 4.79 Å². The van der Waals surface area contributed by atoms with E-state index in [1.807, 2.05) is 41.4 Å². The lowest BCUT2D eigenvalue weighted by Gasteiger charge is -2.33. The summed E-state index contributed by atoms with van der Waals surface area (Å²) < 4.78 is 0. The van der Waals surface area contributed by atoms with Crippen molar-refractivity contribution in [2.24, 2.45) is 0 Å². The number of amides is 1. The molecule has 1 fully saturated rings. The summed E-state index contributed by atoms with van der Waals surface area (Å²) in [5.74, 6) is 0.604. The summed E-state index contributed by atoms with van der Waals surface area (Å²) in [5, 5.41) is 9.04. The molecular weight excluding hydrogens is 424 g/mol. The summed E-state index contributed by atoms with van der Waals surface area (Å²) in [6, 6.07) is 18.5. The highest BCUT2D eigenvalue weighted by Gasteiger charge is 2.29. The molecule has 0 saturated carbocycles. The number of hydrogen-bond acceptors (Lipinski definition) is 6. The van der Waals surface area contributed by atoms with Crippen LogP contribution in [0.2, 0.25) is 0 Å². The molecule has 1 unspecified atom stereocenters. The summed E-state index contributed by atoms with van der Waals surface area (Å²) in [7, 11) is 0. The highest BCUT2D eigenvalue weighted by Crippen LogP contribution is 2.34. The van der Waals surface area contributed by atoms with Crippen LogP contribution in [0, 0.1) is 11.3 Å². The van der Waals surface area contributed by atoms with E-state index >= 15 is 0 Å². The minimum Gasteiger partial charge on any atom is -0.338 e. The zero-order valence-corrected chi connectivity index (χ0v) is 18.5. The standard InChI is InChI=1S/C27H22N6O/c28-16-19-6-8-21(9-7-19)27(34)33-15-3-4-22(18-33)25-23(20-10-13-29-14-11-20)17-31-26(32-25)24-5-1-2-12-30-24/h1-2,5-14,17,22H,3-4,15,18H2. The highest BCUT2D eigenvalue weighted by molar-refractivity contribution is 5.94. The molecule has 1 aliphatic rings. The molecule has 1 saturated heterocycles. The Balaban J connectivity index is 1.49. The van der Waals surface area contributed by atoms with Gasteiger partial charge in [-0.05, 0) is 66.9 Å². The van der Waals surface area contributed by atoms with E-state index in [2.05, 4.69) is 21.0 Å². The third kappa shape index (κ3) is 4.39. The zero-order chi connectivity index (χ0) is 23.3. The fraction of sp³-hybridized carbons (Fsp3) is 0.185. The van der Waals surface area contributed by atoms with Crippen molar-refractivity contribution in [1.82, 2.24) is 24.8 Å². The van der Waals surface area contributed by atoms with Crippen molar-refractivity contribution in [3.05, 3.63) is 96.2 Å². The molecule has 1 aliphatic heterocycles. The van der Waals surface area contributed by atoms with E-state index in [4.69, 9.17) is 10.2 Å². The van der Waals surface area contributed by atoms with Gasteiger partial charge in [-0.2, -0.15) is 5.26 Å². The second-order valence-electron chi connectivity index (χ2n) is 8.22. The Labute approximate surface area is 197 Å². The van der Waals surface area contributed by atoms with Gasteiger partial charge in [0.1, 0.15) is 5.69 Å². The fourth-order valence-corrected chi connectivity index (χ4v) is 4.33. The van der Waals surface area contributed by atoms with E-state index in [0.29, 0.717) is 35.7 Å². The summed E-state index contributed by atoms with van der Waals surface area (Å²) in [4.78, 5) is 33.2. The van der Waals surface area contributed by atoms with Crippen molar-refractivity contribution in [2.75, 3.05) is 13.1 Å². The van der Waals surface area contributed by atoms with Gasteiger partial charge in [-0.3, -0.25) is 14.8 Å². The molecule has 4 heterocycles. The maximum absolute atomic E-state index is 13.2. The normalized spacial score (nSPS) is 15.5. The van der Waals surface area contributed by atoms with E-state index in [1.165, 1.54) is 0 Å². The lowest BCUT2D eigenvalue weighted by atomic mass is 9.89. The van der Waals surface area contributed by atoms with Gasteiger partial charge in [-0.1, -0.05) is 6.07 Å². The minimum absolute atomic E-state index is 0.0290. The fourth-order valence-electron chi connectivity index (χ4n) is 4.33. The molecule has 34 heavy (non-hydrogen) atoms. The number of piperidine rings is 1. The Morgan fingerprint density at radius 2 is 1.82 bits per heavy atom. The average Bonchev–Trinajstić information content (AvgIpc) is 2.93. The number of carbonyl (C=O) groups excluding carboxylic acids is 1. The van der Waals surface area contributed by atoms with Crippen molar-refractivity contribution >= 4 is 5.91 Å². The van der Waals surface area contributed by atoms with Crippen molar-refractivity contribution < 1.29 is 4.79 Å². The maximum atomic E-state index is 13.2. The van der Waals surface area contributed by atoms with E-state index in [-0.39, 0.29) is 11.8 Å². The van der Waals surface area contributed by atoms with Crippen LogP contribution < -0.4 is 0 Å². The van der Waals surface area contributed by atoms with Crippen molar-refractivity contribution in [1.29, 1.82) is 5.26 Å². The molecule has 7 nitrogen and oxygen atoms in total. The predicted octanol–water partition coefficient (Wildman–Crippen LogP) is 4.49. The number of nitrogens with zero attached hydrogens (tertiary/aromatic N) is 6. The predicted molar refractivity (Wildman–Crippen MR) is 128 cm³/mol. The van der Waals surface area contributed by atoms with Crippen LogP contribution in [0.4, 0.5) is 0 Å². The SMILES string of the molecule is N#Cc1ccc(C(=O)N2CCCC(c3nc(-c4ccccn4)ncc3-c3ccncc3)C2)cc1. The van der Waals surface area contributed by atoms with Gasteiger partial charge < -0.3 is 4.90 Å². The lowest BCUT2D eigenvalue weighted by molar-refractivity contribution is 0.0706. The van der Waals surface area contributed by atoms with Crippen LogP contribution in [0.1, 0.15) is 40.4 Å². The molecule has 3 aromatic heterocycles. The van der Waals surface area contributed by atoms with Crippen LogP contribution in [-0.2, 0) is 0 Å². The number of pyridine rings is 2. The number of benzene rings is 1. The molecule has 1 atom stereocenters. The molecule has 0 radical (unpaired) electrons. The Bertz CT molecular complexity index is 1330. The highest BCUT2D eigenvalue weighted by atomic mass is 16.2. The van der Waals surface area contributed by atoms with Gasteiger partial charge in [0, 0.05) is 54.9 Å². The number of carbonyl (C=O) groups is 1. The number of likely N-dealkylation sites (tertiary alicyclic amines) is 1. The van der Waals surface area contributed by atoms with Gasteiger partial charge in [0.15, 0.2) is 5.82 Å². The monoisotopic (exact) mass is 446 g/mol. The Hall–Kier alpha value is -4.44. The van der Waals surface area contributed by atoms with Gasteiger partial charge in [0.25, 0.3) is 5.91 Å². The van der Waals surface area contributed by atoms with Crippen molar-refractivity contribution in [3.8, 4) is 28.7 Å². The Morgan fingerprint density at radius 1 is 1.00 bits per heavy atom. The summed E-state index contributed by atoms with van der Waals surface area (Å²) in [5.41, 5.74) is 4.70. The van der Waals surface area contributed by atoms with Crippen LogP contribution in [-0.4, -0.2) is 43.8 Å². The third-order valence-electron chi connectivity index (χ3n) is 6.06. The number of hydrogen-bond donors (Lipinski definition) is 0. The molecular formula is C27H22N6O.